The lowest BCUT2D eigenvalue weighted by molar-refractivity contribution is 0.0342. The van der Waals surface area contributed by atoms with Crippen molar-refractivity contribution in [3.05, 3.63) is 65.2 Å². The van der Waals surface area contributed by atoms with Crippen molar-refractivity contribution in [3.8, 4) is 5.75 Å². The van der Waals surface area contributed by atoms with E-state index in [1.165, 1.54) is 11.1 Å². The van der Waals surface area contributed by atoms with Gasteiger partial charge in [-0.15, -0.1) is 24.0 Å². The fourth-order valence-corrected chi connectivity index (χ4v) is 3.32. The van der Waals surface area contributed by atoms with Crippen molar-refractivity contribution in [2.24, 2.45) is 4.99 Å². The third-order valence-corrected chi connectivity index (χ3v) is 4.86. The smallest absolute Gasteiger partial charge is 0.191 e. The maximum absolute atomic E-state index is 5.44. The van der Waals surface area contributed by atoms with Gasteiger partial charge in [0, 0.05) is 32.7 Å². The van der Waals surface area contributed by atoms with Gasteiger partial charge in [0.2, 0.25) is 0 Å². The first-order chi connectivity index (χ1) is 14.3. The van der Waals surface area contributed by atoms with E-state index in [-0.39, 0.29) is 24.0 Å². The molecule has 2 aromatic rings. The van der Waals surface area contributed by atoms with E-state index in [2.05, 4.69) is 52.8 Å². The average molecular weight is 524 g/mol. The van der Waals surface area contributed by atoms with Crippen LogP contribution in [0, 0.1) is 0 Å². The van der Waals surface area contributed by atoms with Gasteiger partial charge in [0.05, 0.1) is 26.9 Å². The number of methoxy groups -OCH3 is 1. The second-order valence-electron chi connectivity index (χ2n) is 7.11. The number of rotatable bonds is 8. The van der Waals surface area contributed by atoms with Crippen LogP contribution in [0.1, 0.15) is 23.6 Å². The number of guanidine groups is 1. The van der Waals surface area contributed by atoms with Crippen LogP contribution in [0.15, 0.2) is 53.5 Å². The van der Waals surface area contributed by atoms with Gasteiger partial charge in [-0.3, -0.25) is 4.90 Å². The molecular formula is C23H33IN4O2. The first-order valence-electron chi connectivity index (χ1n) is 10.3. The molecule has 0 saturated carbocycles. The fraction of sp³-hybridized carbons (Fsp3) is 0.435. The summed E-state index contributed by atoms with van der Waals surface area (Å²) in [5.74, 6) is 1.68. The van der Waals surface area contributed by atoms with Gasteiger partial charge in [0.15, 0.2) is 5.96 Å². The van der Waals surface area contributed by atoms with Crippen LogP contribution in [0.3, 0.4) is 0 Å². The van der Waals surface area contributed by atoms with Gasteiger partial charge in [0.25, 0.3) is 0 Å². The Bertz CT molecular complexity index is 794. The molecule has 1 heterocycles. The Balaban J connectivity index is 0.00000320. The SMILES string of the molecule is CCNC(=NCc1cccc(CN2CCOCC2)c1)NCc1cccc(OC)c1.I. The maximum Gasteiger partial charge on any atom is 0.191 e. The average Bonchev–Trinajstić information content (AvgIpc) is 2.77. The Morgan fingerprint density at radius 2 is 1.77 bits per heavy atom. The molecule has 6 nitrogen and oxygen atoms in total. The quantitative estimate of drug-likeness (QED) is 0.315. The van der Waals surface area contributed by atoms with Crippen LogP contribution in [0.4, 0.5) is 0 Å². The van der Waals surface area contributed by atoms with Crippen molar-refractivity contribution >= 4 is 29.9 Å². The Labute approximate surface area is 197 Å². The maximum atomic E-state index is 5.44. The monoisotopic (exact) mass is 524 g/mol. The molecule has 2 aromatic carbocycles. The normalized spacial score (nSPS) is 14.7. The van der Waals surface area contributed by atoms with E-state index >= 15 is 0 Å². The Morgan fingerprint density at radius 3 is 2.53 bits per heavy atom. The number of halogens is 1. The number of nitrogens with zero attached hydrogens (tertiary/aromatic N) is 2. The lowest BCUT2D eigenvalue weighted by Gasteiger charge is -2.26. The first kappa shape index (κ1) is 24.4. The van der Waals surface area contributed by atoms with Gasteiger partial charge in [-0.1, -0.05) is 36.4 Å². The van der Waals surface area contributed by atoms with Crippen LogP contribution >= 0.6 is 24.0 Å². The van der Waals surface area contributed by atoms with E-state index < -0.39 is 0 Å². The number of morpholine rings is 1. The minimum absolute atomic E-state index is 0. The third-order valence-electron chi connectivity index (χ3n) is 4.86. The van der Waals surface area contributed by atoms with E-state index in [0.29, 0.717) is 13.1 Å². The second-order valence-corrected chi connectivity index (χ2v) is 7.11. The van der Waals surface area contributed by atoms with Crippen molar-refractivity contribution in [1.29, 1.82) is 0 Å². The molecule has 1 aliphatic heterocycles. The molecule has 0 amide bonds. The van der Waals surface area contributed by atoms with Crippen molar-refractivity contribution in [2.45, 2.75) is 26.6 Å². The summed E-state index contributed by atoms with van der Waals surface area (Å²) in [6.45, 7) is 8.86. The van der Waals surface area contributed by atoms with Gasteiger partial charge in [0.1, 0.15) is 5.75 Å². The topological polar surface area (TPSA) is 58.1 Å². The lowest BCUT2D eigenvalue weighted by atomic mass is 10.1. The predicted molar refractivity (Wildman–Crippen MR) is 133 cm³/mol. The molecule has 0 aromatic heterocycles. The van der Waals surface area contributed by atoms with E-state index in [4.69, 9.17) is 14.5 Å². The molecule has 0 aliphatic carbocycles. The minimum Gasteiger partial charge on any atom is -0.497 e. The summed E-state index contributed by atoms with van der Waals surface area (Å²) in [5.41, 5.74) is 3.70. The standard InChI is InChI=1S/C23H32N4O2.HI/c1-3-24-23(26-17-20-7-5-9-22(15-20)28-2)25-16-19-6-4-8-21(14-19)18-27-10-12-29-13-11-27;/h4-9,14-15H,3,10-13,16-18H2,1-2H3,(H2,24,25,26);1H. The molecule has 0 bridgehead atoms. The molecule has 30 heavy (non-hydrogen) atoms. The van der Waals surface area contributed by atoms with Gasteiger partial charge >= 0.3 is 0 Å². The molecule has 2 N–H and O–H groups in total. The minimum atomic E-state index is 0. The van der Waals surface area contributed by atoms with Crippen molar-refractivity contribution in [3.63, 3.8) is 0 Å². The summed E-state index contributed by atoms with van der Waals surface area (Å²) >= 11 is 0. The number of hydrogen-bond acceptors (Lipinski definition) is 4. The number of ether oxygens (including phenoxy) is 2. The van der Waals surface area contributed by atoms with Crippen LogP contribution < -0.4 is 15.4 Å². The lowest BCUT2D eigenvalue weighted by Crippen LogP contribution is -2.36. The Morgan fingerprint density at radius 1 is 1.03 bits per heavy atom. The van der Waals surface area contributed by atoms with Crippen LogP contribution in [0.25, 0.3) is 0 Å². The molecule has 0 spiro atoms. The molecule has 0 atom stereocenters. The summed E-state index contributed by atoms with van der Waals surface area (Å²) in [4.78, 5) is 7.20. The molecular weight excluding hydrogens is 491 g/mol. The van der Waals surface area contributed by atoms with Crippen LogP contribution in [-0.4, -0.2) is 50.8 Å². The summed E-state index contributed by atoms with van der Waals surface area (Å²) < 4.78 is 10.7. The predicted octanol–water partition coefficient (Wildman–Crippen LogP) is 3.40. The number of benzene rings is 2. The molecule has 1 fully saturated rings. The summed E-state index contributed by atoms with van der Waals surface area (Å²) in [6.07, 6.45) is 0. The number of hydrogen-bond donors (Lipinski definition) is 2. The molecule has 1 saturated heterocycles. The van der Waals surface area contributed by atoms with E-state index in [0.717, 1.165) is 56.7 Å². The zero-order valence-corrected chi connectivity index (χ0v) is 20.2. The first-order valence-corrected chi connectivity index (χ1v) is 10.3. The number of aliphatic imine (C=N–C) groups is 1. The van der Waals surface area contributed by atoms with Crippen molar-refractivity contribution in [2.75, 3.05) is 40.0 Å². The summed E-state index contributed by atoms with van der Waals surface area (Å²) in [5, 5.41) is 6.72. The highest BCUT2D eigenvalue weighted by Gasteiger charge is 2.10. The number of nitrogens with one attached hydrogen (secondary N) is 2. The highest BCUT2D eigenvalue weighted by molar-refractivity contribution is 14.0. The van der Waals surface area contributed by atoms with E-state index in [1.54, 1.807) is 7.11 Å². The second kappa shape index (κ2) is 13.5. The highest BCUT2D eigenvalue weighted by atomic mass is 127. The fourth-order valence-electron chi connectivity index (χ4n) is 3.32. The van der Waals surface area contributed by atoms with Crippen molar-refractivity contribution in [1.82, 2.24) is 15.5 Å². The molecule has 0 unspecified atom stereocenters. The summed E-state index contributed by atoms with van der Waals surface area (Å²) in [7, 11) is 1.69. The zero-order chi connectivity index (χ0) is 20.3. The Kier molecular flexibility index (Phi) is 11.0. The summed E-state index contributed by atoms with van der Waals surface area (Å²) in [6, 6.07) is 16.8. The van der Waals surface area contributed by atoms with Crippen LogP contribution in [-0.2, 0) is 24.4 Å². The molecule has 1 aliphatic rings. The Hall–Kier alpha value is -1.84. The molecule has 0 radical (unpaired) electrons. The van der Waals surface area contributed by atoms with Gasteiger partial charge in [-0.05, 0) is 35.7 Å². The van der Waals surface area contributed by atoms with Crippen LogP contribution in [0.2, 0.25) is 0 Å². The molecule has 164 valence electrons. The zero-order valence-electron chi connectivity index (χ0n) is 17.9. The van der Waals surface area contributed by atoms with E-state index in [1.807, 2.05) is 18.2 Å². The van der Waals surface area contributed by atoms with Crippen LogP contribution in [0.5, 0.6) is 5.75 Å². The van der Waals surface area contributed by atoms with E-state index in [9.17, 15) is 0 Å². The van der Waals surface area contributed by atoms with Gasteiger partial charge < -0.3 is 20.1 Å². The van der Waals surface area contributed by atoms with Gasteiger partial charge in [-0.25, -0.2) is 4.99 Å². The van der Waals surface area contributed by atoms with Crippen molar-refractivity contribution < 1.29 is 9.47 Å². The third kappa shape index (κ3) is 8.12. The molecule has 3 rings (SSSR count). The largest absolute Gasteiger partial charge is 0.497 e. The highest BCUT2D eigenvalue weighted by Crippen LogP contribution is 2.13. The van der Waals surface area contributed by atoms with Gasteiger partial charge in [-0.2, -0.15) is 0 Å². The molecule has 7 heteroatoms.